The molecule has 0 saturated heterocycles. The molecule has 0 fully saturated rings. The third-order valence-corrected chi connectivity index (χ3v) is 9.90. The van der Waals surface area contributed by atoms with E-state index in [-0.39, 0.29) is 20.1 Å². The van der Waals surface area contributed by atoms with Crippen molar-refractivity contribution >= 4 is 44.8 Å². The second-order valence-corrected chi connectivity index (χ2v) is 16.9. The Labute approximate surface area is 250 Å². The third kappa shape index (κ3) is 6.62. The van der Waals surface area contributed by atoms with Crippen LogP contribution in [0.5, 0.6) is 0 Å². The van der Waals surface area contributed by atoms with E-state index in [0.29, 0.717) is 5.92 Å². The van der Waals surface area contributed by atoms with Crippen LogP contribution in [0.1, 0.15) is 25.3 Å². The summed E-state index contributed by atoms with van der Waals surface area (Å²) in [5, 5.41) is 4.21. The van der Waals surface area contributed by atoms with E-state index in [9.17, 15) is 0 Å². The molecule has 0 N–H and O–H groups in total. The van der Waals surface area contributed by atoms with E-state index >= 15 is 0 Å². The summed E-state index contributed by atoms with van der Waals surface area (Å²) in [7, 11) is -1.32. The number of hydrogen-bond acceptors (Lipinski definition) is 3. The zero-order chi connectivity index (χ0) is 26.7. The first-order chi connectivity index (χ1) is 18.3. The molecule has 0 aliphatic carbocycles. The van der Waals surface area contributed by atoms with Crippen LogP contribution in [0.25, 0.3) is 42.7 Å². The van der Waals surface area contributed by atoms with Gasteiger partial charge in [0.2, 0.25) is 0 Å². The maximum Gasteiger partial charge on any atom is 0.0776 e. The molecule has 0 unspecified atom stereocenters. The molecular weight excluding hydrogens is 689 g/mol. The minimum atomic E-state index is -1.32. The quantitative estimate of drug-likeness (QED) is 0.134. The minimum Gasteiger partial charge on any atom is -0.305 e. The van der Waals surface area contributed by atoms with Gasteiger partial charge in [-0.3, -0.25) is 0 Å². The number of nitrogens with zero attached hydrogens (tertiary/aromatic N) is 2. The van der Waals surface area contributed by atoms with E-state index in [1.807, 2.05) is 66.1 Å². The van der Waals surface area contributed by atoms with Crippen molar-refractivity contribution in [2.24, 2.45) is 0 Å². The molecule has 2 nitrogen and oxygen atoms in total. The summed E-state index contributed by atoms with van der Waals surface area (Å²) in [6.45, 7) is 11.6. The first-order valence-corrected chi connectivity index (χ1v) is 17.3. The zero-order valence-corrected chi connectivity index (χ0v) is 27.2. The molecule has 6 aromatic rings. The molecule has 199 valence electrons. The van der Waals surface area contributed by atoms with Crippen molar-refractivity contribution in [1.29, 1.82) is 0 Å². The standard InChI is InChI=1S/C23H24NSSi.C11H8N.Ir/c1-15(2)16-9-11-21(24-14-16)19-8-6-7-18-20-13-17(26(3,4)5)10-12-22(20)25-23(18)19;1-2-6-10(7-3-1)11-8-4-5-9-12-11;/h6-7,9-15H,1-5H3;1-6,8-9H;/q2*-1;. The summed E-state index contributed by atoms with van der Waals surface area (Å²) in [6.07, 6.45) is 3.79. The summed E-state index contributed by atoms with van der Waals surface area (Å²) in [6, 6.07) is 35.9. The average Bonchev–Trinajstić information content (AvgIpc) is 3.32. The Kier molecular flexibility index (Phi) is 9.29. The van der Waals surface area contributed by atoms with Crippen molar-refractivity contribution in [3.05, 3.63) is 115 Å². The Balaban J connectivity index is 0.000000228. The molecule has 3 aromatic carbocycles. The predicted octanol–water partition coefficient (Wildman–Crippen LogP) is 9.13. The fraction of sp³-hybridized carbons (Fsp3) is 0.176. The second-order valence-electron chi connectivity index (χ2n) is 10.8. The number of thiophene rings is 1. The van der Waals surface area contributed by atoms with Gasteiger partial charge < -0.3 is 9.97 Å². The van der Waals surface area contributed by atoms with E-state index in [1.165, 1.54) is 30.9 Å². The largest absolute Gasteiger partial charge is 0.305 e. The van der Waals surface area contributed by atoms with E-state index in [4.69, 9.17) is 4.98 Å². The number of hydrogen-bond donors (Lipinski definition) is 0. The van der Waals surface area contributed by atoms with Crippen LogP contribution in [-0.4, -0.2) is 18.0 Å². The van der Waals surface area contributed by atoms with Crippen LogP contribution in [0.4, 0.5) is 0 Å². The van der Waals surface area contributed by atoms with Crippen molar-refractivity contribution in [3.63, 3.8) is 0 Å². The van der Waals surface area contributed by atoms with Crippen LogP contribution in [-0.2, 0) is 20.1 Å². The Bertz CT molecular complexity index is 1620. The fourth-order valence-electron chi connectivity index (χ4n) is 4.37. The molecule has 0 saturated carbocycles. The fourth-order valence-corrected chi connectivity index (χ4v) is 6.72. The van der Waals surface area contributed by atoms with Gasteiger partial charge in [-0.05, 0) is 45.1 Å². The number of benzene rings is 3. The van der Waals surface area contributed by atoms with Gasteiger partial charge in [0.25, 0.3) is 0 Å². The van der Waals surface area contributed by atoms with Crippen molar-refractivity contribution in [3.8, 4) is 22.5 Å². The maximum absolute atomic E-state index is 4.73. The first-order valence-electron chi connectivity index (χ1n) is 13.0. The number of rotatable bonds is 4. The van der Waals surface area contributed by atoms with Gasteiger partial charge in [0, 0.05) is 37.2 Å². The van der Waals surface area contributed by atoms with Crippen LogP contribution in [0, 0.1) is 12.1 Å². The van der Waals surface area contributed by atoms with Crippen LogP contribution in [0.15, 0.2) is 97.3 Å². The van der Waals surface area contributed by atoms with Gasteiger partial charge in [-0.1, -0.05) is 80.5 Å². The van der Waals surface area contributed by atoms with Crippen LogP contribution in [0.2, 0.25) is 19.6 Å². The Morgan fingerprint density at radius 3 is 2.23 bits per heavy atom. The second kappa shape index (κ2) is 12.5. The van der Waals surface area contributed by atoms with Gasteiger partial charge in [0.05, 0.1) is 8.07 Å². The summed E-state index contributed by atoms with van der Waals surface area (Å²) in [5.41, 5.74) is 5.42. The normalized spacial score (nSPS) is 11.2. The molecule has 39 heavy (non-hydrogen) atoms. The van der Waals surface area contributed by atoms with E-state index in [1.54, 1.807) is 6.20 Å². The molecule has 3 heterocycles. The van der Waals surface area contributed by atoms with Crippen LogP contribution < -0.4 is 5.19 Å². The minimum absolute atomic E-state index is 0. The molecule has 6 rings (SSSR count). The summed E-state index contributed by atoms with van der Waals surface area (Å²) in [5.74, 6) is 0.501. The van der Waals surface area contributed by atoms with Gasteiger partial charge in [-0.25, -0.2) is 0 Å². The van der Waals surface area contributed by atoms with E-state index in [0.717, 1.165) is 22.5 Å². The van der Waals surface area contributed by atoms with Crippen LogP contribution in [0.3, 0.4) is 0 Å². The van der Waals surface area contributed by atoms with Gasteiger partial charge in [-0.15, -0.1) is 59.7 Å². The molecule has 0 aliphatic heterocycles. The SMILES string of the molecule is CC(C)c1ccc(-c2[c-]ccc3c2sc2ccc([Si](C)(C)C)cc23)nc1.[Ir].[c-]1ccccc1-c1ccccn1. The first kappa shape index (κ1) is 29.0. The Morgan fingerprint density at radius 1 is 0.769 bits per heavy atom. The Hall–Kier alpha value is -2.95. The molecule has 0 bridgehead atoms. The maximum atomic E-state index is 4.73. The number of fused-ring (bicyclic) bond motifs is 3. The molecule has 0 atom stereocenters. The van der Waals surface area contributed by atoms with E-state index < -0.39 is 8.07 Å². The van der Waals surface area contributed by atoms with Crippen molar-refractivity contribution in [1.82, 2.24) is 9.97 Å². The summed E-state index contributed by atoms with van der Waals surface area (Å²) >= 11 is 1.86. The smallest absolute Gasteiger partial charge is 0.0776 e. The van der Waals surface area contributed by atoms with Crippen molar-refractivity contribution < 1.29 is 20.1 Å². The molecule has 0 aliphatic rings. The summed E-state index contributed by atoms with van der Waals surface area (Å²) in [4.78, 5) is 8.95. The van der Waals surface area contributed by atoms with Crippen LogP contribution >= 0.6 is 11.3 Å². The topological polar surface area (TPSA) is 25.8 Å². The van der Waals surface area contributed by atoms with Gasteiger partial charge in [0.1, 0.15) is 0 Å². The molecular formula is C34H32IrN2SSi-2. The molecule has 5 heteroatoms. The molecule has 0 amide bonds. The van der Waals surface area contributed by atoms with Gasteiger partial charge >= 0.3 is 0 Å². The summed E-state index contributed by atoms with van der Waals surface area (Å²) < 4.78 is 2.64. The van der Waals surface area contributed by atoms with E-state index in [2.05, 4.69) is 87.0 Å². The van der Waals surface area contributed by atoms with Gasteiger partial charge in [-0.2, -0.15) is 11.3 Å². The molecule has 3 aromatic heterocycles. The predicted molar refractivity (Wildman–Crippen MR) is 167 cm³/mol. The molecule has 1 radical (unpaired) electrons. The van der Waals surface area contributed by atoms with Crippen molar-refractivity contribution in [2.45, 2.75) is 39.4 Å². The number of pyridine rings is 2. The zero-order valence-electron chi connectivity index (χ0n) is 23.0. The molecule has 0 spiro atoms. The van der Waals surface area contributed by atoms with Crippen molar-refractivity contribution in [2.75, 3.05) is 0 Å². The average molecular weight is 721 g/mol. The van der Waals surface area contributed by atoms with Gasteiger partial charge in [0.15, 0.2) is 0 Å². The third-order valence-electron chi connectivity index (χ3n) is 6.66. The monoisotopic (exact) mass is 721 g/mol. The number of aromatic nitrogens is 2. The Morgan fingerprint density at radius 2 is 1.59 bits per heavy atom.